The van der Waals surface area contributed by atoms with Gasteiger partial charge in [-0.3, -0.25) is 0 Å². The van der Waals surface area contributed by atoms with Crippen LogP contribution in [-0.4, -0.2) is 20.1 Å². The number of hydrogen-bond acceptors (Lipinski definition) is 4. The number of sulfonamides is 1. The van der Waals surface area contributed by atoms with Crippen LogP contribution in [0.15, 0.2) is 9.31 Å². The highest BCUT2D eigenvalue weighted by Crippen LogP contribution is 2.49. The lowest BCUT2D eigenvalue weighted by Crippen LogP contribution is -2.32. The second-order valence-corrected chi connectivity index (χ2v) is 8.07. The zero-order valence-electron chi connectivity index (χ0n) is 12.6. The number of furan rings is 1. The highest BCUT2D eigenvalue weighted by molar-refractivity contribution is 7.89. The summed E-state index contributed by atoms with van der Waals surface area (Å²) in [6.07, 6.45) is 4.92. The molecule has 0 radical (unpaired) electrons. The van der Waals surface area contributed by atoms with Crippen molar-refractivity contribution in [3.8, 4) is 0 Å². The van der Waals surface area contributed by atoms with Crippen molar-refractivity contribution >= 4 is 10.0 Å². The van der Waals surface area contributed by atoms with E-state index in [1.54, 1.807) is 13.8 Å². The smallest absolute Gasteiger partial charge is 0.244 e. The van der Waals surface area contributed by atoms with E-state index in [0.717, 1.165) is 0 Å². The van der Waals surface area contributed by atoms with Crippen LogP contribution in [0.1, 0.15) is 42.8 Å². The molecule has 21 heavy (non-hydrogen) atoms. The molecular weight excluding hydrogens is 290 g/mol. The van der Waals surface area contributed by atoms with Crippen LogP contribution in [0.4, 0.5) is 0 Å². The van der Waals surface area contributed by atoms with Crippen molar-refractivity contribution in [1.29, 1.82) is 0 Å². The quantitative estimate of drug-likeness (QED) is 0.808. The predicted octanol–water partition coefficient (Wildman–Crippen LogP) is 2.10. The van der Waals surface area contributed by atoms with E-state index < -0.39 is 10.0 Å². The van der Waals surface area contributed by atoms with Crippen molar-refractivity contribution in [2.45, 2.75) is 51.0 Å². The molecule has 0 bridgehead atoms. The van der Waals surface area contributed by atoms with Gasteiger partial charge in [0.2, 0.25) is 10.0 Å². The molecule has 6 heteroatoms. The van der Waals surface area contributed by atoms with Gasteiger partial charge in [0.15, 0.2) is 0 Å². The van der Waals surface area contributed by atoms with Crippen LogP contribution in [0.25, 0.3) is 0 Å². The highest BCUT2D eigenvalue weighted by atomic mass is 32.2. The molecule has 2 aliphatic carbocycles. The summed E-state index contributed by atoms with van der Waals surface area (Å²) in [6, 6.07) is 0. The summed E-state index contributed by atoms with van der Waals surface area (Å²) in [7, 11) is -3.62. The third-order valence-corrected chi connectivity index (χ3v) is 6.33. The van der Waals surface area contributed by atoms with E-state index in [4.69, 9.17) is 4.42 Å². The average Bonchev–Trinajstić information content (AvgIpc) is 3.28. The van der Waals surface area contributed by atoms with Crippen molar-refractivity contribution in [1.82, 2.24) is 4.72 Å². The van der Waals surface area contributed by atoms with Gasteiger partial charge in [-0.2, -0.15) is 0 Å². The largest absolute Gasteiger partial charge is 0.465 e. The number of rotatable bonds is 7. The van der Waals surface area contributed by atoms with Crippen molar-refractivity contribution in [2.75, 3.05) is 6.54 Å². The molecule has 0 atom stereocenters. The van der Waals surface area contributed by atoms with Crippen LogP contribution < -0.4 is 4.72 Å². The van der Waals surface area contributed by atoms with E-state index in [0.29, 0.717) is 41.4 Å². The molecule has 2 saturated carbocycles. The lowest BCUT2D eigenvalue weighted by atomic mass is 9.99. The Hall–Kier alpha value is -0.850. The van der Waals surface area contributed by atoms with Crippen LogP contribution in [-0.2, 0) is 16.6 Å². The summed E-state index contributed by atoms with van der Waals surface area (Å²) in [4.78, 5) is 0.118. The molecule has 0 aliphatic heterocycles. The fourth-order valence-electron chi connectivity index (χ4n) is 3.29. The minimum absolute atomic E-state index is 0.118. The Morgan fingerprint density at radius 2 is 1.76 bits per heavy atom. The van der Waals surface area contributed by atoms with Gasteiger partial charge in [-0.05, 0) is 57.3 Å². The summed E-state index contributed by atoms with van der Waals surface area (Å²) in [6.45, 7) is 3.48. The topological polar surface area (TPSA) is 79.5 Å². The Balaban J connectivity index is 1.77. The van der Waals surface area contributed by atoms with E-state index in [2.05, 4.69) is 4.72 Å². The predicted molar refractivity (Wildman–Crippen MR) is 78.2 cm³/mol. The fourth-order valence-corrected chi connectivity index (χ4v) is 4.80. The van der Waals surface area contributed by atoms with E-state index in [9.17, 15) is 13.5 Å². The second-order valence-electron chi connectivity index (χ2n) is 6.37. The first-order valence-corrected chi connectivity index (χ1v) is 9.11. The van der Waals surface area contributed by atoms with Crippen LogP contribution in [0.2, 0.25) is 0 Å². The molecule has 0 amide bonds. The normalized spacial score (nSPS) is 19.4. The highest BCUT2D eigenvalue weighted by Gasteiger charge is 2.42. The first-order chi connectivity index (χ1) is 9.94. The minimum atomic E-state index is -3.62. The molecule has 3 rings (SSSR count). The molecule has 5 nitrogen and oxygen atoms in total. The molecule has 1 aromatic rings. The SMILES string of the molecule is Cc1oc(C)c(S(=O)(=O)NCC(C2CC2)C2CC2)c1CO. The summed E-state index contributed by atoms with van der Waals surface area (Å²) < 4.78 is 33.2. The van der Waals surface area contributed by atoms with Gasteiger partial charge in [0.05, 0.1) is 6.61 Å². The Labute approximate surface area is 125 Å². The fraction of sp³-hybridized carbons (Fsp3) is 0.733. The summed E-state index contributed by atoms with van der Waals surface area (Å²) in [5.41, 5.74) is 0.370. The lowest BCUT2D eigenvalue weighted by molar-refractivity contribution is 0.276. The van der Waals surface area contributed by atoms with E-state index in [1.807, 2.05) is 0 Å². The number of hydrogen-bond donors (Lipinski definition) is 2. The Bertz CT molecular complexity index is 614. The zero-order chi connectivity index (χ0) is 15.2. The van der Waals surface area contributed by atoms with Crippen LogP contribution in [0, 0.1) is 31.6 Å². The molecule has 118 valence electrons. The van der Waals surface area contributed by atoms with E-state index in [1.165, 1.54) is 25.7 Å². The molecule has 2 aliphatic rings. The summed E-state index contributed by atoms with van der Waals surface area (Å²) in [5.74, 6) is 2.69. The Kier molecular flexibility index (Phi) is 3.88. The maximum atomic E-state index is 12.6. The number of aryl methyl sites for hydroxylation is 2. The van der Waals surface area contributed by atoms with Crippen molar-refractivity contribution < 1.29 is 17.9 Å². The maximum Gasteiger partial charge on any atom is 0.244 e. The summed E-state index contributed by atoms with van der Waals surface area (Å²) >= 11 is 0. The number of nitrogens with one attached hydrogen (secondary N) is 1. The minimum Gasteiger partial charge on any atom is -0.465 e. The van der Waals surface area contributed by atoms with Gasteiger partial charge in [-0.1, -0.05) is 0 Å². The molecule has 0 unspecified atom stereocenters. The van der Waals surface area contributed by atoms with Crippen LogP contribution in [0.5, 0.6) is 0 Å². The van der Waals surface area contributed by atoms with Gasteiger partial charge in [-0.15, -0.1) is 0 Å². The molecule has 0 spiro atoms. The lowest BCUT2D eigenvalue weighted by Gasteiger charge is -2.16. The van der Waals surface area contributed by atoms with Gasteiger partial charge in [0.1, 0.15) is 16.4 Å². The maximum absolute atomic E-state index is 12.6. The molecule has 2 fully saturated rings. The van der Waals surface area contributed by atoms with E-state index >= 15 is 0 Å². The Morgan fingerprint density at radius 1 is 1.19 bits per heavy atom. The summed E-state index contributed by atoms with van der Waals surface area (Å²) in [5, 5.41) is 9.40. The number of aliphatic hydroxyl groups is 1. The first kappa shape index (κ1) is 15.1. The average molecular weight is 313 g/mol. The van der Waals surface area contributed by atoms with E-state index in [-0.39, 0.29) is 11.5 Å². The van der Waals surface area contributed by atoms with Gasteiger partial charge in [0, 0.05) is 12.1 Å². The van der Waals surface area contributed by atoms with Crippen molar-refractivity contribution in [3.63, 3.8) is 0 Å². The first-order valence-electron chi connectivity index (χ1n) is 7.63. The van der Waals surface area contributed by atoms with Gasteiger partial charge >= 0.3 is 0 Å². The van der Waals surface area contributed by atoms with Crippen LogP contribution >= 0.6 is 0 Å². The molecule has 1 heterocycles. The monoisotopic (exact) mass is 313 g/mol. The third-order valence-electron chi connectivity index (χ3n) is 4.72. The van der Waals surface area contributed by atoms with Crippen LogP contribution in [0.3, 0.4) is 0 Å². The second kappa shape index (κ2) is 5.41. The Morgan fingerprint density at radius 3 is 2.24 bits per heavy atom. The van der Waals surface area contributed by atoms with Crippen molar-refractivity contribution in [2.24, 2.45) is 17.8 Å². The van der Waals surface area contributed by atoms with Gasteiger partial charge < -0.3 is 9.52 Å². The molecule has 0 saturated heterocycles. The number of aliphatic hydroxyl groups excluding tert-OH is 1. The molecule has 2 N–H and O–H groups in total. The molecule has 1 aromatic heterocycles. The standard InChI is InChI=1S/C15H23NO4S/c1-9-14(8-17)15(10(2)20-9)21(18,19)16-7-13(11-3-4-11)12-5-6-12/h11-13,16-17H,3-8H2,1-2H3. The zero-order valence-corrected chi connectivity index (χ0v) is 13.4. The van der Waals surface area contributed by atoms with Gasteiger partial charge in [0.25, 0.3) is 0 Å². The molecular formula is C15H23NO4S. The third kappa shape index (κ3) is 3.03. The molecule has 0 aromatic carbocycles. The van der Waals surface area contributed by atoms with Crippen molar-refractivity contribution in [3.05, 3.63) is 17.1 Å². The van der Waals surface area contributed by atoms with Gasteiger partial charge in [-0.25, -0.2) is 13.1 Å².